The number of amides is 1. The van der Waals surface area contributed by atoms with Gasteiger partial charge in [-0.2, -0.15) is 5.26 Å². The Morgan fingerprint density at radius 1 is 1.04 bits per heavy atom. The minimum atomic E-state index is -0.346. The summed E-state index contributed by atoms with van der Waals surface area (Å²) in [5, 5.41) is 14.8. The Kier molecular flexibility index (Phi) is 4.90. The molecule has 0 atom stereocenters. The van der Waals surface area contributed by atoms with Crippen LogP contribution in [0.2, 0.25) is 0 Å². The normalized spacial score (nSPS) is 10.0. The second-order valence-electron chi connectivity index (χ2n) is 5.82. The number of nitrogens with one attached hydrogen (secondary N) is 2. The molecule has 0 spiro atoms. The number of carbonyl (C=O) groups excluding carboxylic acids is 1. The van der Waals surface area contributed by atoms with Crippen LogP contribution in [0.3, 0.4) is 0 Å². The van der Waals surface area contributed by atoms with E-state index in [0.29, 0.717) is 17.1 Å². The van der Waals surface area contributed by atoms with E-state index in [9.17, 15) is 4.79 Å². The third kappa shape index (κ3) is 3.84. The number of nitrogens with zero attached hydrogens (tertiary/aromatic N) is 3. The Morgan fingerprint density at radius 3 is 2.38 bits per heavy atom. The summed E-state index contributed by atoms with van der Waals surface area (Å²) in [6.07, 6.45) is 1.35. The molecule has 0 unspecified atom stereocenters. The molecule has 0 aliphatic carbocycles. The SMILES string of the molecule is Cc1cccc(C)c1Nc1cc(C(=O)Nc2ccc(C#N)cc2)ncn1. The second-order valence-corrected chi connectivity index (χ2v) is 5.82. The monoisotopic (exact) mass is 343 g/mol. The number of aryl methyl sites for hydroxylation is 2. The van der Waals surface area contributed by atoms with E-state index in [1.165, 1.54) is 6.33 Å². The van der Waals surface area contributed by atoms with Gasteiger partial charge in [-0.05, 0) is 49.2 Å². The summed E-state index contributed by atoms with van der Waals surface area (Å²) in [6, 6.07) is 16.3. The Labute approximate surface area is 151 Å². The fraction of sp³-hybridized carbons (Fsp3) is 0.100. The van der Waals surface area contributed by atoms with E-state index in [1.807, 2.05) is 38.1 Å². The number of aromatic nitrogens is 2. The number of benzene rings is 2. The highest BCUT2D eigenvalue weighted by molar-refractivity contribution is 6.03. The molecule has 3 aromatic rings. The summed E-state index contributed by atoms with van der Waals surface area (Å²) in [5.41, 5.74) is 4.52. The molecule has 0 saturated carbocycles. The molecule has 2 N–H and O–H groups in total. The van der Waals surface area contributed by atoms with Crippen LogP contribution in [0, 0.1) is 25.2 Å². The molecule has 0 bridgehead atoms. The largest absolute Gasteiger partial charge is 0.340 e. The lowest BCUT2D eigenvalue weighted by Gasteiger charge is -2.12. The average molecular weight is 343 g/mol. The maximum Gasteiger partial charge on any atom is 0.274 e. The highest BCUT2D eigenvalue weighted by Gasteiger charge is 2.10. The first-order valence-corrected chi connectivity index (χ1v) is 8.03. The van der Waals surface area contributed by atoms with Crippen molar-refractivity contribution in [3.63, 3.8) is 0 Å². The van der Waals surface area contributed by atoms with Gasteiger partial charge in [0, 0.05) is 17.4 Å². The van der Waals surface area contributed by atoms with E-state index >= 15 is 0 Å². The second kappa shape index (κ2) is 7.45. The third-order valence-corrected chi connectivity index (χ3v) is 3.91. The standard InChI is InChI=1S/C20H17N5O/c1-13-4-3-5-14(2)19(13)25-18-10-17(22-12-23-18)20(26)24-16-8-6-15(11-21)7-9-16/h3-10,12H,1-2H3,(H,24,26)(H,22,23,25). The highest BCUT2D eigenvalue weighted by Crippen LogP contribution is 2.23. The number of hydrogen-bond donors (Lipinski definition) is 2. The predicted molar refractivity (Wildman–Crippen MR) is 100 cm³/mol. The minimum absolute atomic E-state index is 0.248. The van der Waals surface area contributed by atoms with Gasteiger partial charge in [0.2, 0.25) is 0 Å². The van der Waals surface area contributed by atoms with E-state index in [0.717, 1.165) is 16.8 Å². The van der Waals surface area contributed by atoms with Crippen LogP contribution in [0.4, 0.5) is 17.2 Å². The van der Waals surface area contributed by atoms with Crippen molar-refractivity contribution in [2.45, 2.75) is 13.8 Å². The zero-order chi connectivity index (χ0) is 18.5. The van der Waals surface area contributed by atoms with Crippen LogP contribution < -0.4 is 10.6 Å². The number of nitriles is 1. The zero-order valence-corrected chi connectivity index (χ0v) is 14.4. The van der Waals surface area contributed by atoms with Gasteiger partial charge in [-0.15, -0.1) is 0 Å². The summed E-state index contributed by atoms with van der Waals surface area (Å²) in [6.45, 7) is 4.02. The quantitative estimate of drug-likeness (QED) is 0.748. The Bertz CT molecular complexity index is 970. The van der Waals surface area contributed by atoms with Crippen molar-refractivity contribution < 1.29 is 4.79 Å². The lowest BCUT2D eigenvalue weighted by atomic mass is 10.1. The zero-order valence-electron chi connectivity index (χ0n) is 14.4. The average Bonchev–Trinajstić information content (AvgIpc) is 2.66. The Balaban J connectivity index is 1.78. The fourth-order valence-corrected chi connectivity index (χ4v) is 2.51. The fourth-order valence-electron chi connectivity index (χ4n) is 2.51. The smallest absolute Gasteiger partial charge is 0.274 e. The van der Waals surface area contributed by atoms with Crippen LogP contribution in [0.5, 0.6) is 0 Å². The van der Waals surface area contributed by atoms with Gasteiger partial charge in [-0.25, -0.2) is 9.97 Å². The number of hydrogen-bond acceptors (Lipinski definition) is 5. The van der Waals surface area contributed by atoms with E-state index < -0.39 is 0 Å². The molecular weight excluding hydrogens is 326 g/mol. The van der Waals surface area contributed by atoms with E-state index in [1.54, 1.807) is 30.3 Å². The van der Waals surface area contributed by atoms with Crippen LogP contribution in [-0.4, -0.2) is 15.9 Å². The molecule has 0 aliphatic rings. The lowest BCUT2D eigenvalue weighted by molar-refractivity contribution is 0.102. The van der Waals surface area contributed by atoms with Crippen LogP contribution in [0.15, 0.2) is 54.9 Å². The molecule has 1 amide bonds. The van der Waals surface area contributed by atoms with E-state index in [2.05, 4.69) is 20.6 Å². The summed E-state index contributed by atoms with van der Waals surface area (Å²) in [5.74, 6) is 0.198. The number of carbonyl (C=O) groups is 1. The molecule has 2 aromatic carbocycles. The van der Waals surface area contributed by atoms with Crippen molar-refractivity contribution in [2.24, 2.45) is 0 Å². The summed E-state index contributed by atoms with van der Waals surface area (Å²) in [4.78, 5) is 20.6. The van der Waals surface area contributed by atoms with Crippen molar-refractivity contribution in [3.8, 4) is 6.07 Å². The van der Waals surface area contributed by atoms with Crippen LogP contribution in [0.1, 0.15) is 27.2 Å². The first-order valence-electron chi connectivity index (χ1n) is 8.03. The van der Waals surface area contributed by atoms with Crippen LogP contribution in [0.25, 0.3) is 0 Å². The molecule has 3 rings (SSSR count). The van der Waals surface area contributed by atoms with Gasteiger partial charge in [0.25, 0.3) is 5.91 Å². The molecule has 1 aromatic heterocycles. The molecule has 1 heterocycles. The first kappa shape index (κ1) is 17.1. The van der Waals surface area contributed by atoms with Gasteiger partial charge in [-0.3, -0.25) is 4.79 Å². The van der Waals surface area contributed by atoms with Gasteiger partial charge in [0.15, 0.2) is 0 Å². The van der Waals surface area contributed by atoms with Gasteiger partial charge in [0.1, 0.15) is 17.8 Å². The number of rotatable bonds is 4. The summed E-state index contributed by atoms with van der Waals surface area (Å²) in [7, 11) is 0. The maximum absolute atomic E-state index is 12.4. The van der Waals surface area contributed by atoms with Crippen LogP contribution >= 0.6 is 0 Å². The van der Waals surface area contributed by atoms with Crippen molar-refractivity contribution in [2.75, 3.05) is 10.6 Å². The highest BCUT2D eigenvalue weighted by atomic mass is 16.1. The lowest BCUT2D eigenvalue weighted by Crippen LogP contribution is -2.14. The first-order chi connectivity index (χ1) is 12.6. The summed E-state index contributed by atoms with van der Waals surface area (Å²) < 4.78 is 0. The van der Waals surface area contributed by atoms with Gasteiger partial charge in [0.05, 0.1) is 11.6 Å². The molecule has 0 radical (unpaired) electrons. The van der Waals surface area contributed by atoms with Crippen LogP contribution in [-0.2, 0) is 0 Å². The molecule has 26 heavy (non-hydrogen) atoms. The van der Waals surface area contributed by atoms with Gasteiger partial charge < -0.3 is 10.6 Å². The summed E-state index contributed by atoms with van der Waals surface area (Å²) >= 11 is 0. The van der Waals surface area contributed by atoms with E-state index in [-0.39, 0.29) is 11.6 Å². The third-order valence-electron chi connectivity index (χ3n) is 3.91. The molecule has 128 valence electrons. The van der Waals surface area contributed by atoms with Gasteiger partial charge >= 0.3 is 0 Å². The molecule has 0 saturated heterocycles. The Morgan fingerprint density at radius 2 is 1.73 bits per heavy atom. The van der Waals surface area contributed by atoms with Crippen molar-refractivity contribution in [1.29, 1.82) is 5.26 Å². The Hall–Kier alpha value is -3.72. The molecular formula is C20H17N5O. The van der Waals surface area contributed by atoms with E-state index in [4.69, 9.17) is 5.26 Å². The topological polar surface area (TPSA) is 90.7 Å². The molecule has 0 fully saturated rings. The molecule has 6 nitrogen and oxygen atoms in total. The predicted octanol–water partition coefficient (Wildman–Crippen LogP) is 3.96. The van der Waals surface area contributed by atoms with Crippen molar-refractivity contribution in [3.05, 3.63) is 77.2 Å². The maximum atomic E-state index is 12.4. The molecule has 6 heteroatoms. The number of para-hydroxylation sites is 1. The van der Waals surface area contributed by atoms with Crippen molar-refractivity contribution in [1.82, 2.24) is 9.97 Å². The van der Waals surface area contributed by atoms with Gasteiger partial charge in [-0.1, -0.05) is 18.2 Å². The molecule has 0 aliphatic heterocycles. The minimum Gasteiger partial charge on any atom is -0.340 e. The number of anilines is 3. The van der Waals surface area contributed by atoms with Crippen molar-refractivity contribution >= 4 is 23.1 Å².